The molecular formula is C10H14F3NO. The van der Waals surface area contributed by atoms with E-state index in [1.54, 1.807) is 0 Å². The second-order valence-corrected chi connectivity index (χ2v) is 4.64. The minimum atomic E-state index is -4.74. The van der Waals surface area contributed by atoms with Crippen molar-refractivity contribution in [3.8, 4) is 0 Å². The van der Waals surface area contributed by atoms with Crippen LogP contribution in [0.3, 0.4) is 0 Å². The maximum Gasteiger partial charge on any atom is 0.471 e. The lowest BCUT2D eigenvalue weighted by molar-refractivity contribution is -0.173. The molecule has 0 radical (unpaired) electrons. The summed E-state index contributed by atoms with van der Waals surface area (Å²) < 4.78 is 35.7. The molecule has 15 heavy (non-hydrogen) atoms. The van der Waals surface area contributed by atoms with Crippen molar-refractivity contribution >= 4 is 5.91 Å². The molecule has 0 unspecified atom stereocenters. The lowest BCUT2D eigenvalue weighted by atomic mass is 9.89. The Labute approximate surface area is 86.2 Å². The molecule has 2 bridgehead atoms. The number of hydrogen-bond donors (Lipinski definition) is 1. The van der Waals surface area contributed by atoms with Gasteiger partial charge < -0.3 is 5.32 Å². The Hall–Kier alpha value is -0.740. The van der Waals surface area contributed by atoms with E-state index >= 15 is 0 Å². The molecule has 0 spiro atoms. The lowest BCUT2D eigenvalue weighted by Crippen LogP contribution is -2.40. The molecule has 3 atom stereocenters. The summed E-state index contributed by atoms with van der Waals surface area (Å²) in [6.07, 6.45) is -0.265. The van der Waals surface area contributed by atoms with E-state index in [9.17, 15) is 18.0 Å². The van der Waals surface area contributed by atoms with Crippen molar-refractivity contribution in [2.75, 3.05) is 6.54 Å². The molecule has 2 aliphatic rings. The molecule has 2 rings (SSSR count). The molecule has 1 amide bonds. The molecule has 0 saturated heterocycles. The number of rotatable bonds is 2. The van der Waals surface area contributed by atoms with Crippen LogP contribution in [0.2, 0.25) is 0 Å². The van der Waals surface area contributed by atoms with E-state index in [4.69, 9.17) is 0 Å². The zero-order valence-electron chi connectivity index (χ0n) is 8.31. The summed E-state index contributed by atoms with van der Waals surface area (Å²) in [5.74, 6) is -0.286. The van der Waals surface area contributed by atoms with Gasteiger partial charge in [-0.25, -0.2) is 0 Å². The zero-order valence-corrected chi connectivity index (χ0v) is 8.31. The summed E-state index contributed by atoms with van der Waals surface area (Å²) in [6.45, 7) is 0.194. The minimum absolute atomic E-state index is 0.194. The number of amides is 1. The monoisotopic (exact) mass is 221 g/mol. The van der Waals surface area contributed by atoms with Crippen molar-refractivity contribution in [2.45, 2.75) is 31.9 Å². The highest BCUT2D eigenvalue weighted by atomic mass is 19.4. The van der Waals surface area contributed by atoms with E-state index in [0.29, 0.717) is 11.8 Å². The number of carbonyl (C=O) groups excluding carboxylic acids is 1. The van der Waals surface area contributed by atoms with Gasteiger partial charge in [-0.3, -0.25) is 4.79 Å². The predicted molar refractivity (Wildman–Crippen MR) is 48.0 cm³/mol. The van der Waals surface area contributed by atoms with Crippen molar-refractivity contribution in [1.82, 2.24) is 5.32 Å². The van der Waals surface area contributed by atoms with Crippen LogP contribution in [-0.4, -0.2) is 18.6 Å². The van der Waals surface area contributed by atoms with E-state index in [1.807, 2.05) is 5.32 Å². The number of nitrogens with one attached hydrogen (secondary N) is 1. The Morgan fingerprint density at radius 2 is 2.00 bits per heavy atom. The van der Waals surface area contributed by atoms with E-state index in [0.717, 1.165) is 19.3 Å². The SMILES string of the molecule is O=C(NC[C@H]1C[C@@H]2CC[C@@H]1C2)C(F)(F)F. The van der Waals surface area contributed by atoms with Gasteiger partial charge in [0.15, 0.2) is 0 Å². The molecule has 0 aromatic carbocycles. The van der Waals surface area contributed by atoms with Gasteiger partial charge in [-0.15, -0.1) is 0 Å². The number of fused-ring (bicyclic) bond motifs is 2. The van der Waals surface area contributed by atoms with Gasteiger partial charge in [-0.2, -0.15) is 13.2 Å². The fourth-order valence-corrected chi connectivity index (χ4v) is 2.95. The van der Waals surface area contributed by atoms with Gasteiger partial charge in [0, 0.05) is 6.54 Å². The molecular weight excluding hydrogens is 207 g/mol. The Morgan fingerprint density at radius 1 is 1.27 bits per heavy atom. The third-order valence-electron chi connectivity index (χ3n) is 3.67. The van der Waals surface area contributed by atoms with Crippen LogP contribution >= 0.6 is 0 Å². The van der Waals surface area contributed by atoms with Crippen LogP contribution in [0, 0.1) is 17.8 Å². The van der Waals surface area contributed by atoms with Crippen molar-refractivity contribution in [2.24, 2.45) is 17.8 Å². The quantitative estimate of drug-likeness (QED) is 0.760. The Bertz CT molecular complexity index is 264. The maximum atomic E-state index is 11.9. The number of alkyl halides is 3. The second-order valence-electron chi connectivity index (χ2n) is 4.64. The van der Waals surface area contributed by atoms with Gasteiger partial charge in [-0.05, 0) is 37.0 Å². The van der Waals surface area contributed by atoms with Gasteiger partial charge in [0.25, 0.3) is 0 Å². The lowest BCUT2D eigenvalue weighted by Gasteiger charge is -2.22. The van der Waals surface area contributed by atoms with Crippen LogP contribution in [-0.2, 0) is 4.79 Å². The van der Waals surface area contributed by atoms with Crippen LogP contribution < -0.4 is 5.32 Å². The molecule has 0 aromatic heterocycles. The van der Waals surface area contributed by atoms with Gasteiger partial charge in [-0.1, -0.05) is 6.42 Å². The largest absolute Gasteiger partial charge is 0.471 e. The standard InChI is InChI=1S/C10H14F3NO/c11-10(12,13)9(15)14-5-8-4-6-1-2-7(8)3-6/h6-8H,1-5H2,(H,14,15)/t6-,7-,8-/m1/s1. The molecule has 2 saturated carbocycles. The fraction of sp³-hybridized carbons (Fsp3) is 0.900. The summed E-state index contributed by atoms with van der Waals surface area (Å²) in [4.78, 5) is 10.6. The molecule has 0 aromatic rings. The van der Waals surface area contributed by atoms with E-state index in [2.05, 4.69) is 0 Å². The first-order chi connectivity index (χ1) is 6.97. The summed E-state index contributed by atoms with van der Waals surface area (Å²) in [5.41, 5.74) is 0. The molecule has 86 valence electrons. The van der Waals surface area contributed by atoms with Gasteiger partial charge in [0.1, 0.15) is 0 Å². The van der Waals surface area contributed by atoms with Crippen LogP contribution in [0.1, 0.15) is 25.7 Å². The molecule has 2 aliphatic carbocycles. The van der Waals surface area contributed by atoms with Crippen LogP contribution in [0.25, 0.3) is 0 Å². The van der Waals surface area contributed by atoms with Gasteiger partial charge >= 0.3 is 12.1 Å². The van der Waals surface area contributed by atoms with Crippen LogP contribution in [0.5, 0.6) is 0 Å². The van der Waals surface area contributed by atoms with Crippen LogP contribution in [0.15, 0.2) is 0 Å². The number of hydrogen-bond acceptors (Lipinski definition) is 1. The molecule has 5 heteroatoms. The van der Waals surface area contributed by atoms with Gasteiger partial charge in [0.05, 0.1) is 0 Å². The van der Waals surface area contributed by atoms with Crippen molar-refractivity contribution in [1.29, 1.82) is 0 Å². The zero-order chi connectivity index (χ0) is 11.1. The van der Waals surface area contributed by atoms with Gasteiger partial charge in [0.2, 0.25) is 0 Å². The summed E-state index contributed by atoms with van der Waals surface area (Å²) >= 11 is 0. The average Bonchev–Trinajstić information content (AvgIpc) is 2.73. The number of carbonyl (C=O) groups is 1. The van der Waals surface area contributed by atoms with E-state index in [1.165, 1.54) is 6.42 Å². The second kappa shape index (κ2) is 3.68. The topological polar surface area (TPSA) is 29.1 Å². The Balaban J connectivity index is 1.77. The van der Waals surface area contributed by atoms with Crippen LogP contribution in [0.4, 0.5) is 13.2 Å². The number of halogens is 3. The molecule has 2 nitrogen and oxygen atoms in total. The summed E-state index contributed by atoms with van der Waals surface area (Å²) in [5, 5.41) is 1.99. The molecule has 2 fully saturated rings. The summed E-state index contributed by atoms with van der Waals surface area (Å²) in [6, 6.07) is 0. The average molecular weight is 221 g/mol. The Kier molecular flexibility index (Phi) is 2.64. The molecule has 0 heterocycles. The van der Waals surface area contributed by atoms with Crippen molar-refractivity contribution < 1.29 is 18.0 Å². The first-order valence-corrected chi connectivity index (χ1v) is 5.32. The first kappa shape index (κ1) is 10.8. The smallest absolute Gasteiger partial charge is 0.348 e. The predicted octanol–water partition coefficient (Wildman–Crippen LogP) is 2.10. The highest BCUT2D eigenvalue weighted by Crippen LogP contribution is 2.47. The highest BCUT2D eigenvalue weighted by Gasteiger charge is 2.42. The van der Waals surface area contributed by atoms with E-state index in [-0.39, 0.29) is 12.5 Å². The fourth-order valence-electron chi connectivity index (χ4n) is 2.95. The highest BCUT2D eigenvalue weighted by molar-refractivity contribution is 5.81. The molecule has 0 aliphatic heterocycles. The first-order valence-electron chi connectivity index (χ1n) is 5.32. The minimum Gasteiger partial charge on any atom is -0.348 e. The third-order valence-corrected chi connectivity index (χ3v) is 3.67. The van der Waals surface area contributed by atoms with Crippen molar-refractivity contribution in [3.05, 3.63) is 0 Å². The molecule has 1 N–H and O–H groups in total. The maximum absolute atomic E-state index is 11.9. The van der Waals surface area contributed by atoms with Crippen molar-refractivity contribution in [3.63, 3.8) is 0 Å². The van der Waals surface area contributed by atoms with E-state index < -0.39 is 12.1 Å². The third kappa shape index (κ3) is 2.26. The normalized spacial score (nSPS) is 34.5. The Morgan fingerprint density at radius 3 is 2.47 bits per heavy atom. The summed E-state index contributed by atoms with van der Waals surface area (Å²) in [7, 11) is 0.